The first kappa shape index (κ1) is 17.5. The summed E-state index contributed by atoms with van der Waals surface area (Å²) in [6.45, 7) is 0. The molecule has 2 aromatic heterocycles. The molecule has 0 saturated carbocycles. The monoisotopic (exact) mass is 370 g/mol. The molecule has 4 aromatic rings. The fourth-order valence-electron chi connectivity index (χ4n) is 2.84. The van der Waals surface area contributed by atoms with Crippen LogP contribution in [0.4, 0.5) is 0 Å². The average Bonchev–Trinajstić information content (AvgIpc) is 3.42. The van der Waals surface area contributed by atoms with Crippen molar-refractivity contribution in [3.63, 3.8) is 0 Å². The Labute approximate surface area is 162 Å². The number of methoxy groups -OCH3 is 1. The zero-order valence-electron chi connectivity index (χ0n) is 15.3. The number of ketones is 1. The number of para-hydroxylation sites is 1. The molecule has 0 atom stereocenters. The van der Waals surface area contributed by atoms with Crippen molar-refractivity contribution in [1.82, 2.24) is 9.78 Å². The third kappa shape index (κ3) is 3.64. The van der Waals surface area contributed by atoms with E-state index in [1.807, 2.05) is 48.7 Å². The lowest BCUT2D eigenvalue weighted by Gasteiger charge is -2.00. The van der Waals surface area contributed by atoms with E-state index in [4.69, 9.17) is 9.15 Å². The third-order valence-electron chi connectivity index (χ3n) is 4.31. The van der Waals surface area contributed by atoms with Crippen molar-refractivity contribution in [2.75, 3.05) is 7.11 Å². The van der Waals surface area contributed by atoms with Gasteiger partial charge in [-0.2, -0.15) is 5.10 Å². The fourth-order valence-corrected chi connectivity index (χ4v) is 2.84. The molecule has 0 radical (unpaired) electrons. The van der Waals surface area contributed by atoms with Crippen LogP contribution in [0.2, 0.25) is 0 Å². The highest BCUT2D eigenvalue weighted by Gasteiger charge is 2.13. The topological polar surface area (TPSA) is 57.3 Å². The number of carbonyl (C=O) groups is 1. The second-order valence-electron chi connectivity index (χ2n) is 6.12. The van der Waals surface area contributed by atoms with Crippen molar-refractivity contribution in [2.45, 2.75) is 0 Å². The first-order chi connectivity index (χ1) is 13.7. The van der Waals surface area contributed by atoms with Gasteiger partial charge in [-0.1, -0.05) is 18.2 Å². The number of ether oxygens (including phenoxy) is 1. The van der Waals surface area contributed by atoms with Crippen LogP contribution in [0, 0.1) is 0 Å². The molecule has 0 bridgehead atoms. The molecule has 2 aromatic carbocycles. The Morgan fingerprint density at radius 2 is 1.82 bits per heavy atom. The van der Waals surface area contributed by atoms with E-state index in [1.54, 1.807) is 54.5 Å². The minimum Gasteiger partial charge on any atom is -0.497 e. The molecule has 5 nitrogen and oxygen atoms in total. The number of nitrogens with zero attached hydrogens (tertiary/aromatic N) is 2. The Morgan fingerprint density at radius 3 is 2.50 bits per heavy atom. The number of benzene rings is 2. The molecule has 4 rings (SSSR count). The number of aromatic nitrogens is 2. The predicted octanol–water partition coefficient (Wildman–Crippen LogP) is 5.04. The van der Waals surface area contributed by atoms with Gasteiger partial charge >= 0.3 is 0 Å². The highest BCUT2D eigenvalue weighted by Crippen LogP contribution is 2.25. The van der Waals surface area contributed by atoms with Crippen LogP contribution in [0.15, 0.2) is 89.7 Å². The molecule has 0 amide bonds. The summed E-state index contributed by atoms with van der Waals surface area (Å²) in [4.78, 5) is 12.5. The summed E-state index contributed by atoms with van der Waals surface area (Å²) in [5, 5.41) is 4.64. The molecular formula is C23H18N2O3. The second-order valence-corrected chi connectivity index (χ2v) is 6.12. The van der Waals surface area contributed by atoms with Gasteiger partial charge in [0.15, 0.2) is 11.5 Å². The number of furan rings is 1. The van der Waals surface area contributed by atoms with Crippen molar-refractivity contribution in [3.8, 4) is 22.9 Å². The van der Waals surface area contributed by atoms with Crippen LogP contribution < -0.4 is 4.74 Å². The van der Waals surface area contributed by atoms with Crippen molar-refractivity contribution in [3.05, 3.63) is 96.4 Å². The van der Waals surface area contributed by atoms with Gasteiger partial charge < -0.3 is 9.15 Å². The lowest BCUT2D eigenvalue weighted by atomic mass is 10.1. The highest BCUT2D eigenvalue weighted by molar-refractivity contribution is 6.07. The molecule has 138 valence electrons. The van der Waals surface area contributed by atoms with Gasteiger partial charge in [0, 0.05) is 17.3 Å². The van der Waals surface area contributed by atoms with Crippen LogP contribution in [0.1, 0.15) is 15.9 Å². The van der Waals surface area contributed by atoms with E-state index in [2.05, 4.69) is 5.10 Å². The van der Waals surface area contributed by atoms with E-state index in [0.29, 0.717) is 22.8 Å². The van der Waals surface area contributed by atoms with E-state index < -0.39 is 0 Å². The molecule has 0 aliphatic heterocycles. The average molecular weight is 370 g/mol. The molecule has 5 heteroatoms. The zero-order chi connectivity index (χ0) is 19.3. The van der Waals surface area contributed by atoms with E-state index >= 15 is 0 Å². The largest absolute Gasteiger partial charge is 0.497 e. The van der Waals surface area contributed by atoms with Crippen LogP contribution in [0.5, 0.6) is 5.75 Å². The van der Waals surface area contributed by atoms with Crippen molar-refractivity contribution in [2.24, 2.45) is 0 Å². The summed E-state index contributed by atoms with van der Waals surface area (Å²) in [5.41, 5.74) is 2.98. The van der Waals surface area contributed by atoms with Crippen LogP contribution >= 0.6 is 0 Å². The van der Waals surface area contributed by atoms with E-state index in [-0.39, 0.29) is 5.78 Å². The normalized spacial score (nSPS) is 11.0. The van der Waals surface area contributed by atoms with Crippen molar-refractivity contribution < 1.29 is 13.9 Å². The lowest BCUT2D eigenvalue weighted by molar-refractivity contribution is 0.104. The predicted molar refractivity (Wildman–Crippen MR) is 108 cm³/mol. The smallest absolute Gasteiger partial charge is 0.185 e. The summed E-state index contributed by atoms with van der Waals surface area (Å²) in [6, 6.07) is 20.5. The van der Waals surface area contributed by atoms with Crippen molar-refractivity contribution in [1.29, 1.82) is 0 Å². The van der Waals surface area contributed by atoms with E-state index in [9.17, 15) is 4.79 Å². The fraction of sp³-hybridized carbons (Fsp3) is 0.0435. The molecule has 0 unspecified atom stereocenters. The van der Waals surface area contributed by atoms with Crippen LogP contribution in [-0.4, -0.2) is 22.7 Å². The number of allylic oxidation sites excluding steroid dienone is 1. The maximum Gasteiger partial charge on any atom is 0.185 e. The number of hydrogen-bond acceptors (Lipinski definition) is 4. The standard InChI is InChI=1S/C23H18N2O3/c1-27-20-12-9-17(10-13-20)21(26)14-11-18-16-25(19-6-3-2-4-7-19)24-23(18)22-8-5-15-28-22/h2-16H,1H3. The Balaban J connectivity index is 1.66. The number of rotatable bonds is 6. The Bertz CT molecular complexity index is 1090. The van der Waals surface area contributed by atoms with Gasteiger partial charge in [-0.15, -0.1) is 0 Å². The van der Waals surface area contributed by atoms with E-state index in [1.165, 1.54) is 0 Å². The van der Waals surface area contributed by atoms with Gasteiger partial charge in [0.2, 0.25) is 0 Å². The molecule has 0 aliphatic carbocycles. The SMILES string of the molecule is COc1ccc(C(=O)C=Cc2cn(-c3ccccc3)nc2-c2ccco2)cc1. The number of hydrogen-bond donors (Lipinski definition) is 0. The van der Waals surface area contributed by atoms with Gasteiger partial charge in [-0.05, 0) is 60.7 Å². The highest BCUT2D eigenvalue weighted by atomic mass is 16.5. The zero-order valence-corrected chi connectivity index (χ0v) is 15.3. The number of carbonyl (C=O) groups excluding carboxylic acids is 1. The third-order valence-corrected chi connectivity index (χ3v) is 4.31. The van der Waals surface area contributed by atoms with Gasteiger partial charge in [-0.25, -0.2) is 4.68 Å². The first-order valence-electron chi connectivity index (χ1n) is 8.80. The minimum atomic E-state index is -0.0968. The van der Waals surface area contributed by atoms with Crippen molar-refractivity contribution >= 4 is 11.9 Å². The maximum atomic E-state index is 12.5. The van der Waals surface area contributed by atoms with Crippen LogP contribution in [0.3, 0.4) is 0 Å². The summed E-state index contributed by atoms with van der Waals surface area (Å²) in [7, 11) is 1.59. The van der Waals surface area contributed by atoms with Gasteiger partial charge in [0.1, 0.15) is 11.4 Å². The first-order valence-corrected chi connectivity index (χ1v) is 8.80. The minimum absolute atomic E-state index is 0.0968. The van der Waals surface area contributed by atoms with E-state index in [0.717, 1.165) is 11.3 Å². The van der Waals surface area contributed by atoms with Crippen LogP contribution in [0.25, 0.3) is 23.2 Å². The van der Waals surface area contributed by atoms with Gasteiger partial charge in [0.25, 0.3) is 0 Å². The summed E-state index contributed by atoms with van der Waals surface area (Å²) < 4.78 is 12.4. The summed E-state index contributed by atoms with van der Waals surface area (Å²) in [5.74, 6) is 1.26. The molecule has 0 fully saturated rings. The summed E-state index contributed by atoms with van der Waals surface area (Å²) >= 11 is 0. The molecule has 0 aliphatic rings. The van der Waals surface area contributed by atoms with Gasteiger partial charge in [-0.3, -0.25) is 4.79 Å². The van der Waals surface area contributed by atoms with Gasteiger partial charge in [0.05, 0.1) is 19.1 Å². The molecule has 28 heavy (non-hydrogen) atoms. The second kappa shape index (κ2) is 7.80. The van der Waals surface area contributed by atoms with Crippen LogP contribution in [-0.2, 0) is 0 Å². The molecule has 0 spiro atoms. The quantitative estimate of drug-likeness (QED) is 0.352. The molecule has 0 N–H and O–H groups in total. The lowest BCUT2D eigenvalue weighted by Crippen LogP contribution is -1.94. The Hall–Kier alpha value is -3.86. The Morgan fingerprint density at radius 1 is 1.04 bits per heavy atom. The molecular weight excluding hydrogens is 352 g/mol. The molecule has 0 saturated heterocycles. The Kier molecular flexibility index (Phi) is 4.89. The maximum absolute atomic E-state index is 12.5. The summed E-state index contributed by atoms with van der Waals surface area (Å²) in [6.07, 6.45) is 6.79. The molecule has 2 heterocycles.